The standard InChI is InChI=1S/C9H9NO5/c11-7-14-9-3-1-8(2-4-9)5-6-15-10(12)13/h1-4,7H,5-6H2. The topological polar surface area (TPSA) is 78.7 Å². The lowest BCUT2D eigenvalue weighted by molar-refractivity contribution is -0.757. The molecule has 0 N–H and O–H groups in total. The van der Waals surface area contributed by atoms with E-state index in [1.165, 1.54) is 0 Å². The van der Waals surface area contributed by atoms with Gasteiger partial charge in [0.25, 0.3) is 11.6 Å². The highest BCUT2D eigenvalue weighted by atomic mass is 16.9. The van der Waals surface area contributed by atoms with E-state index in [1.807, 2.05) is 0 Å². The first kappa shape index (κ1) is 11.0. The number of ether oxygens (including phenoxy) is 1. The fourth-order valence-electron chi connectivity index (χ4n) is 1.03. The lowest BCUT2D eigenvalue weighted by Crippen LogP contribution is -2.04. The minimum atomic E-state index is -0.829. The molecule has 0 fully saturated rings. The largest absolute Gasteiger partial charge is 0.429 e. The molecular formula is C9H9NO5. The van der Waals surface area contributed by atoms with Crippen molar-refractivity contribution in [3.05, 3.63) is 39.9 Å². The van der Waals surface area contributed by atoms with Gasteiger partial charge in [0.15, 0.2) is 0 Å². The Morgan fingerprint density at radius 3 is 2.53 bits per heavy atom. The summed E-state index contributed by atoms with van der Waals surface area (Å²) in [6.07, 6.45) is 0.433. The second kappa shape index (κ2) is 5.58. The molecule has 6 nitrogen and oxygen atoms in total. The van der Waals surface area contributed by atoms with Gasteiger partial charge in [-0.2, -0.15) is 0 Å². The van der Waals surface area contributed by atoms with Crippen molar-refractivity contribution in [1.29, 1.82) is 0 Å². The Balaban J connectivity index is 2.42. The Hall–Kier alpha value is -2.11. The van der Waals surface area contributed by atoms with Crippen LogP contribution in [-0.2, 0) is 16.1 Å². The number of hydrogen-bond acceptors (Lipinski definition) is 5. The third kappa shape index (κ3) is 4.08. The molecule has 1 aromatic rings. The van der Waals surface area contributed by atoms with Gasteiger partial charge in [-0.3, -0.25) is 4.79 Å². The van der Waals surface area contributed by atoms with E-state index < -0.39 is 5.09 Å². The van der Waals surface area contributed by atoms with Gasteiger partial charge in [0.2, 0.25) is 0 Å². The lowest BCUT2D eigenvalue weighted by Gasteiger charge is -2.01. The van der Waals surface area contributed by atoms with E-state index >= 15 is 0 Å². The summed E-state index contributed by atoms with van der Waals surface area (Å²) >= 11 is 0. The molecular weight excluding hydrogens is 202 g/mol. The van der Waals surface area contributed by atoms with Crippen LogP contribution in [0.3, 0.4) is 0 Å². The maximum atomic E-state index is 9.99. The molecule has 0 heterocycles. The molecule has 1 aromatic carbocycles. The zero-order chi connectivity index (χ0) is 11.1. The Kier molecular flexibility index (Phi) is 4.08. The first-order chi connectivity index (χ1) is 7.22. The molecule has 0 bridgehead atoms. The van der Waals surface area contributed by atoms with Gasteiger partial charge >= 0.3 is 0 Å². The van der Waals surface area contributed by atoms with Crippen LogP contribution in [0.4, 0.5) is 0 Å². The number of carbonyl (C=O) groups is 1. The van der Waals surface area contributed by atoms with Crippen molar-refractivity contribution >= 4 is 6.47 Å². The fraction of sp³-hybridized carbons (Fsp3) is 0.222. The SMILES string of the molecule is O=COc1ccc(CCO[N+](=O)[O-])cc1. The van der Waals surface area contributed by atoms with Gasteiger partial charge in [0.05, 0.1) is 0 Å². The first-order valence-corrected chi connectivity index (χ1v) is 4.19. The van der Waals surface area contributed by atoms with E-state index in [0.717, 1.165) is 5.56 Å². The normalized spacial score (nSPS) is 9.33. The fourth-order valence-corrected chi connectivity index (χ4v) is 1.03. The van der Waals surface area contributed by atoms with Gasteiger partial charge in [0, 0.05) is 0 Å². The molecule has 0 aliphatic rings. The van der Waals surface area contributed by atoms with E-state index in [0.29, 0.717) is 18.6 Å². The molecule has 80 valence electrons. The summed E-state index contributed by atoms with van der Waals surface area (Å²) in [4.78, 5) is 24.0. The van der Waals surface area contributed by atoms with Crippen LogP contribution in [-0.4, -0.2) is 18.2 Å². The van der Waals surface area contributed by atoms with Gasteiger partial charge in [-0.25, -0.2) is 0 Å². The minimum absolute atomic E-state index is 0.0148. The maximum Gasteiger partial charge on any atom is 0.298 e. The number of rotatable bonds is 6. The summed E-state index contributed by atoms with van der Waals surface area (Å²) in [5, 5.41) is 9.02. The first-order valence-electron chi connectivity index (χ1n) is 4.19. The van der Waals surface area contributed by atoms with Gasteiger partial charge in [-0.15, -0.1) is 10.1 Å². The van der Waals surface area contributed by atoms with Gasteiger partial charge in [-0.05, 0) is 24.1 Å². The summed E-state index contributed by atoms with van der Waals surface area (Å²) in [5.41, 5.74) is 0.870. The van der Waals surface area contributed by atoms with Crippen molar-refractivity contribution in [3.63, 3.8) is 0 Å². The van der Waals surface area contributed by atoms with Gasteiger partial charge in [-0.1, -0.05) is 12.1 Å². The summed E-state index contributed by atoms with van der Waals surface area (Å²) in [6.45, 7) is 0.353. The van der Waals surface area contributed by atoms with Crippen LogP contribution in [0.5, 0.6) is 5.75 Å². The average Bonchev–Trinajstić information content (AvgIpc) is 2.20. The summed E-state index contributed by atoms with van der Waals surface area (Å²) in [7, 11) is 0. The second-order valence-electron chi connectivity index (χ2n) is 2.66. The maximum absolute atomic E-state index is 9.99. The Bertz CT molecular complexity index is 335. The van der Waals surface area contributed by atoms with Crippen LogP contribution >= 0.6 is 0 Å². The van der Waals surface area contributed by atoms with Crippen molar-refractivity contribution < 1.29 is 19.5 Å². The molecule has 15 heavy (non-hydrogen) atoms. The summed E-state index contributed by atoms with van der Waals surface area (Å²) in [6, 6.07) is 6.63. The second-order valence-corrected chi connectivity index (χ2v) is 2.66. The summed E-state index contributed by atoms with van der Waals surface area (Å²) in [5.74, 6) is 0.434. The predicted octanol–water partition coefficient (Wildman–Crippen LogP) is 0.973. The highest BCUT2D eigenvalue weighted by molar-refractivity contribution is 5.45. The predicted molar refractivity (Wildman–Crippen MR) is 49.8 cm³/mol. The molecule has 1 rings (SSSR count). The van der Waals surface area contributed by atoms with Gasteiger partial charge < -0.3 is 9.57 Å². The van der Waals surface area contributed by atoms with Crippen LogP contribution in [0, 0.1) is 10.1 Å². The number of hydrogen-bond donors (Lipinski definition) is 0. The molecule has 0 saturated carbocycles. The lowest BCUT2D eigenvalue weighted by atomic mass is 10.1. The Morgan fingerprint density at radius 2 is 2.00 bits per heavy atom. The molecule has 0 amide bonds. The molecule has 0 saturated heterocycles. The molecule has 0 aliphatic heterocycles. The van der Waals surface area contributed by atoms with Crippen LogP contribution in [0.2, 0.25) is 0 Å². The molecule has 0 radical (unpaired) electrons. The number of carbonyl (C=O) groups excluding carboxylic acids is 1. The molecule has 6 heteroatoms. The van der Waals surface area contributed by atoms with Crippen molar-refractivity contribution in [2.24, 2.45) is 0 Å². The van der Waals surface area contributed by atoms with E-state index in [4.69, 9.17) is 0 Å². The molecule has 0 aliphatic carbocycles. The number of benzene rings is 1. The zero-order valence-electron chi connectivity index (χ0n) is 7.79. The van der Waals surface area contributed by atoms with Crippen molar-refractivity contribution in [2.75, 3.05) is 6.61 Å². The van der Waals surface area contributed by atoms with E-state index in [9.17, 15) is 14.9 Å². The Morgan fingerprint density at radius 1 is 1.33 bits per heavy atom. The molecule has 0 spiro atoms. The number of nitrogens with zero attached hydrogens (tertiary/aromatic N) is 1. The van der Waals surface area contributed by atoms with Crippen molar-refractivity contribution in [3.8, 4) is 5.75 Å². The van der Waals surface area contributed by atoms with E-state index in [-0.39, 0.29) is 6.61 Å². The van der Waals surface area contributed by atoms with Crippen molar-refractivity contribution in [1.82, 2.24) is 0 Å². The smallest absolute Gasteiger partial charge is 0.298 e. The highest BCUT2D eigenvalue weighted by Gasteiger charge is 1.98. The molecule has 0 aromatic heterocycles. The van der Waals surface area contributed by atoms with E-state index in [2.05, 4.69) is 9.57 Å². The summed E-state index contributed by atoms with van der Waals surface area (Å²) < 4.78 is 4.58. The monoisotopic (exact) mass is 211 g/mol. The molecule has 0 unspecified atom stereocenters. The van der Waals surface area contributed by atoms with E-state index in [1.54, 1.807) is 24.3 Å². The average molecular weight is 211 g/mol. The highest BCUT2D eigenvalue weighted by Crippen LogP contribution is 2.11. The van der Waals surface area contributed by atoms with Crippen LogP contribution in [0.15, 0.2) is 24.3 Å². The van der Waals surface area contributed by atoms with Gasteiger partial charge in [0.1, 0.15) is 12.4 Å². The quantitative estimate of drug-likeness (QED) is 0.398. The van der Waals surface area contributed by atoms with Crippen LogP contribution in [0.1, 0.15) is 5.56 Å². The molecule has 0 atom stereocenters. The van der Waals surface area contributed by atoms with Crippen LogP contribution in [0.25, 0.3) is 0 Å². The van der Waals surface area contributed by atoms with Crippen LogP contribution < -0.4 is 4.74 Å². The minimum Gasteiger partial charge on any atom is -0.429 e. The Labute approximate surface area is 85.5 Å². The third-order valence-electron chi connectivity index (χ3n) is 1.69. The third-order valence-corrected chi connectivity index (χ3v) is 1.69. The van der Waals surface area contributed by atoms with Crippen molar-refractivity contribution in [2.45, 2.75) is 6.42 Å². The zero-order valence-corrected chi connectivity index (χ0v) is 7.79.